The van der Waals surface area contributed by atoms with Crippen molar-refractivity contribution in [1.82, 2.24) is 10.4 Å². The van der Waals surface area contributed by atoms with E-state index in [-0.39, 0.29) is 33.8 Å². The Kier molecular flexibility index (Phi) is 3.95. The van der Waals surface area contributed by atoms with Gasteiger partial charge >= 0.3 is 0 Å². The lowest BCUT2D eigenvalue weighted by Crippen LogP contribution is -2.35. The van der Waals surface area contributed by atoms with Gasteiger partial charge in [0.2, 0.25) is 17.2 Å². The summed E-state index contributed by atoms with van der Waals surface area (Å²) >= 11 is 0. The molecule has 0 spiro atoms. The number of benzene rings is 2. The quantitative estimate of drug-likeness (QED) is 0.417. The summed E-state index contributed by atoms with van der Waals surface area (Å²) in [6.45, 7) is 2.38. The van der Waals surface area contributed by atoms with Crippen molar-refractivity contribution in [3.8, 4) is 28.8 Å². The van der Waals surface area contributed by atoms with Crippen LogP contribution in [0.5, 0.6) is 11.7 Å². The number of hydrogen-bond donors (Lipinski definition) is 0. The van der Waals surface area contributed by atoms with Gasteiger partial charge in [0.1, 0.15) is 11.3 Å². The lowest BCUT2D eigenvalue weighted by molar-refractivity contribution is -0.660. The van der Waals surface area contributed by atoms with Gasteiger partial charge in [-0.15, -0.1) is 0 Å². The van der Waals surface area contributed by atoms with E-state index in [2.05, 4.69) is 10.4 Å². The maximum Gasteiger partial charge on any atom is 0.293 e. The maximum absolute atomic E-state index is 13.1. The van der Waals surface area contributed by atoms with Gasteiger partial charge in [-0.2, -0.15) is 0 Å². The van der Waals surface area contributed by atoms with Gasteiger partial charge in [0.15, 0.2) is 17.4 Å². The Morgan fingerprint density at radius 3 is 2.40 bits per heavy atom. The van der Waals surface area contributed by atoms with Crippen LogP contribution in [0.25, 0.3) is 17.1 Å². The van der Waals surface area contributed by atoms with Crippen molar-refractivity contribution in [2.24, 2.45) is 0 Å². The number of nitrogens with zero attached hydrogens (tertiary/aromatic N) is 3. The first-order valence-corrected chi connectivity index (χ1v) is 9.11. The first-order valence-electron chi connectivity index (χ1n) is 9.11. The van der Waals surface area contributed by atoms with Crippen molar-refractivity contribution >= 4 is 11.6 Å². The molecule has 0 N–H and O–H groups in total. The lowest BCUT2D eigenvalue weighted by Gasteiger charge is -2.11. The topological polar surface area (TPSA) is 122 Å². The summed E-state index contributed by atoms with van der Waals surface area (Å²) in [5.74, 6) is -1.33. The highest BCUT2D eigenvalue weighted by atomic mass is 16.6. The minimum absolute atomic E-state index is 0.0845. The van der Waals surface area contributed by atoms with Crippen LogP contribution in [-0.4, -0.2) is 28.6 Å². The molecule has 9 nitrogen and oxygen atoms in total. The Morgan fingerprint density at radius 2 is 1.70 bits per heavy atom. The van der Waals surface area contributed by atoms with E-state index in [9.17, 15) is 14.7 Å². The van der Waals surface area contributed by atoms with E-state index in [4.69, 9.17) is 13.8 Å². The third kappa shape index (κ3) is 2.52. The molecule has 0 amide bonds. The Hall–Kier alpha value is -4.27. The Labute approximate surface area is 169 Å². The van der Waals surface area contributed by atoms with Crippen molar-refractivity contribution in [1.29, 1.82) is 0 Å². The zero-order chi connectivity index (χ0) is 20.8. The molecule has 0 unspecified atom stereocenters. The number of ether oxygens (including phenoxy) is 1. The molecule has 30 heavy (non-hydrogen) atoms. The molecule has 4 aromatic rings. The van der Waals surface area contributed by atoms with E-state index in [1.165, 1.54) is 4.68 Å². The van der Waals surface area contributed by atoms with E-state index in [1.54, 1.807) is 48.5 Å². The van der Waals surface area contributed by atoms with E-state index in [0.717, 1.165) is 0 Å². The third-order valence-electron chi connectivity index (χ3n) is 4.77. The third-order valence-corrected chi connectivity index (χ3v) is 4.77. The predicted molar refractivity (Wildman–Crippen MR) is 97.5 cm³/mol. The van der Waals surface area contributed by atoms with E-state index in [1.807, 2.05) is 6.92 Å². The van der Waals surface area contributed by atoms with Crippen LogP contribution < -0.4 is 14.5 Å². The van der Waals surface area contributed by atoms with Gasteiger partial charge in [-0.1, -0.05) is 29.4 Å². The summed E-state index contributed by atoms with van der Waals surface area (Å²) in [5.41, 5.74) is 0.619. The molecule has 1 aliphatic carbocycles. The zero-order valence-corrected chi connectivity index (χ0v) is 15.6. The van der Waals surface area contributed by atoms with Crippen LogP contribution in [0.1, 0.15) is 39.0 Å². The molecule has 2 aromatic heterocycles. The molecular weight excluding hydrogens is 390 g/mol. The second-order valence-electron chi connectivity index (χ2n) is 6.49. The van der Waals surface area contributed by atoms with Gasteiger partial charge in [-0.25, -0.2) is 0 Å². The van der Waals surface area contributed by atoms with Crippen LogP contribution in [0.3, 0.4) is 0 Å². The van der Waals surface area contributed by atoms with Gasteiger partial charge in [0, 0.05) is 23.3 Å². The number of carbonyl (C=O) groups excluding carboxylic acids is 2. The van der Waals surface area contributed by atoms with Gasteiger partial charge in [-0.3, -0.25) is 9.59 Å². The SMILES string of the molecule is CCOc1ccc(-[n+]2noc([O-])c2-c2noc3c2C(=O)c2ccccc2C3=O)cc1. The molecule has 0 radical (unpaired) electrons. The second kappa shape index (κ2) is 6.66. The molecule has 2 aromatic carbocycles. The molecule has 0 atom stereocenters. The first-order chi connectivity index (χ1) is 14.6. The van der Waals surface area contributed by atoms with Crippen molar-refractivity contribution in [2.75, 3.05) is 6.61 Å². The predicted octanol–water partition coefficient (Wildman–Crippen LogP) is 1.85. The van der Waals surface area contributed by atoms with Crippen molar-refractivity contribution in [2.45, 2.75) is 6.92 Å². The molecule has 0 bridgehead atoms. The lowest BCUT2D eigenvalue weighted by atomic mass is 9.87. The van der Waals surface area contributed by atoms with Crippen molar-refractivity contribution in [3.05, 3.63) is 71.0 Å². The second-order valence-corrected chi connectivity index (χ2v) is 6.49. The Balaban J connectivity index is 1.66. The van der Waals surface area contributed by atoms with E-state index in [0.29, 0.717) is 18.0 Å². The van der Waals surface area contributed by atoms with Gasteiger partial charge in [-0.05, 0) is 23.7 Å². The molecule has 0 saturated carbocycles. The van der Waals surface area contributed by atoms with Gasteiger partial charge < -0.3 is 18.9 Å². The average molecular weight is 403 g/mol. The Bertz CT molecular complexity index is 1300. The number of carbonyl (C=O) groups is 2. The smallest absolute Gasteiger partial charge is 0.293 e. The highest BCUT2D eigenvalue weighted by Crippen LogP contribution is 2.35. The molecule has 9 heteroatoms. The fourth-order valence-electron chi connectivity index (χ4n) is 3.43. The standard InChI is InChI=1S/C21H13N3O6/c1-2-28-12-9-7-11(8-10-12)24-17(21(27)30-23-24)16-15-18(25)13-5-3-4-6-14(13)19(26)20(15)29-22-16/h3-10H,2H2,1H3. The molecule has 0 fully saturated rings. The van der Waals surface area contributed by atoms with Gasteiger partial charge in [0.25, 0.3) is 5.69 Å². The molecular formula is C21H13N3O6. The summed E-state index contributed by atoms with van der Waals surface area (Å²) in [5, 5.41) is 20.1. The largest absolute Gasteiger partial charge is 0.539 e. The van der Waals surface area contributed by atoms with E-state index < -0.39 is 17.5 Å². The summed E-state index contributed by atoms with van der Waals surface area (Å²) in [6, 6.07) is 13.1. The van der Waals surface area contributed by atoms with Crippen LogP contribution in [0.15, 0.2) is 57.6 Å². The van der Waals surface area contributed by atoms with Crippen LogP contribution in [0.4, 0.5) is 0 Å². The molecule has 2 heterocycles. The Morgan fingerprint density at radius 1 is 1.00 bits per heavy atom. The highest BCUT2D eigenvalue weighted by molar-refractivity contribution is 6.28. The van der Waals surface area contributed by atoms with Crippen molar-refractivity contribution < 1.29 is 33.2 Å². The van der Waals surface area contributed by atoms with Crippen molar-refractivity contribution in [3.63, 3.8) is 0 Å². The minimum Gasteiger partial charge on any atom is -0.539 e. The molecule has 0 saturated heterocycles. The molecule has 0 aliphatic heterocycles. The van der Waals surface area contributed by atoms with Gasteiger partial charge in [0.05, 0.1) is 11.9 Å². The number of rotatable bonds is 4. The van der Waals surface area contributed by atoms with Crippen LogP contribution in [0.2, 0.25) is 0 Å². The number of fused-ring (bicyclic) bond motifs is 2. The summed E-state index contributed by atoms with van der Waals surface area (Å²) < 4.78 is 16.6. The number of hydrogen-bond acceptors (Lipinski definition) is 8. The number of aromatic nitrogens is 3. The first kappa shape index (κ1) is 17.8. The summed E-state index contributed by atoms with van der Waals surface area (Å²) in [7, 11) is 0. The van der Waals surface area contributed by atoms with Crippen LogP contribution >= 0.6 is 0 Å². The highest BCUT2D eigenvalue weighted by Gasteiger charge is 2.40. The summed E-state index contributed by atoms with van der Waals surface area (Å²) in [6.07, 6.45) is 0. The minimum atomic E-state index is -0.820. The maximum atomic E-state index is 13.1. The fraction of sp³-hybridized carbons (Fsp3) is 0.0952. The fourth-order valence-corrected chi connectivity index (χ4v) is 3.43. The van der Waals surface area contributed by atoms with Crippen LogP contribution in [0, 0.1) is 0 Å². The normalized spacial score (nSPS) is 12.6. The molecule has 5 rings (SSSR count). The zero-order valence-electron chi connectivity index (χ0n) is 15.6. The summed E-state index contributed by atoms with van der Waals surface area (Å²) in [4.78, 5) is 25.8. The molecule has 148 valence electrons. The molecule has 1 aliphatic rings. The average Bonchev–Trinajstić information content (AvgIpc) is 3.36. The number of ketones is 2. The monoisotopic (exact) mass is 403 g/mol. The van der Waals surface area contributed by atoms with E-state index >= 15 is 0 Å². The van der Waals surface area contributed by atoms with Crippen LogP contribution in [-0.2, 0) is 0 Å².